The summed E-state index contributed by atoms with van der Waals surface area (Å²) in [7, 11) is 1.63. The van der Waals surface area contributed by atoms with E-state index in [1.807, 2.05) is 18.2 Å². The van der Waals surface area contributed by atoms with Crippen molar-refractivity contribution in [3.05, 3.63) is 69.0 Å². The van der Waals surface area contributed by atoms with Crippen LogP contribution in [-0.2, 0) is 7.05 Å². The molecule has 3 aromatic rings. The second-order valence-electron chi connectivity index (χ2n) is 4.62. The lowest BCUT2D eigenvalue weighted by Gasteiger charge is -2.07. The molecule has 2 aromatic carbocycles. The maximum atomic E-state index is 12.4. The molecule has 6 heteroatoms. The number of aromatic nitrogens is 2. The molecule has 0 amide bonds. The second kappa shape index (κ2) is 4.82. The zero-order valence-corrected chi connectivity index (χ0v) is 11.2. The Hall–Kier alpha value is -3.02. The lowest BCUT2D eigenvalue weighted by atomic mass is 10.1. The summed E-state index contributed by atoms with van der Waals surface area (Å²) in [6.45, 7) is 0. The van der Waals surface area contributed by atoms with Crippen LogP contribution in [0.3, 0.4) is 0 Å². The summed E-state index contributed by atoms with van der Waals surface area (Å²) < 4.78 is 1.45. The van der Waals surface area contributed by atoms with Gasteiger partial charge in [-0.15, -0.1) is 0 Å². The minimum atomic E-state index is -0.478. The highest BCUT2D eigenvalue weighted by Gasteiger charge is 2.13. The third kappa shape index (κ3) is 2.16. The van der Waals surface area contributed by atoms with Crippen LogP contribution in [0, 0.1) is 10.1 Å². The molecule has 1 heterocycles. The predicted molar refractivity (Wildman–Crippen MR) is 79.1 cm³/mol. The number of non-ortho nitro benzene ring substituents is 1. The lowest BCUT2D eigenvalue weighted by Crippen LogP contribution is -2.20. The quantitative estimate of drug-likeness (QED) is 0.534. The fraction of sp³-hybridized carbons (Fsp3) is 0.0667. The second-order valence-corrected chi connectivity index (χ2v) is 4.62. The van der Waals surface area contributed by atoms with Gasteiger partial charge in [0.05, 0.1) is 16.0 Å². The van der Waals surface area contributed by atoms with E-state index in [0.717, 1.165) is 0 Å². The molecule has 0 saturated carbocycles. The molecule has 6 nitrogen and oxygen atoms in total. The van der Waals surface area contributed by atoms with E-state index in [-0.39, 0.29) is 16.9 Å². The van der Waals surface area contributed by atoms with Gasteiger partial charge in [0, 0.05) is 24.7 Å². The number of fused-ring (bicyclic) bond motifs is 1. The Bertz CT molecular complexity index is 901. The smallest absolute Gasteiger partial charge is 0.277 e. The van der Waals surface area contributed by atoms with Gasteiger partial charge in [-0.3, -0.25) is 14.9 Å². The van der Waals surface area contributed by atoms with Crippen LogP contribution < -0.4 is 5.56 Å². The number of hydrogen-bond donors (Lipinski definition) is 0. The van der Waals surface area contributed by atoms with Crippen LogP contribution >= 0.6 is 0 Å². The first kappa shape index (κ1) is 13.0. The minimum Gasteiger partial charge on any atom is -0.308 e. The average Bonchev–Trinajstić information content (AvgIpc) is 2.51. The molecule has 0 unspecified atom stereocenters. The highest BCUT2D eigenvalue weighted by atomic mass is 16.6. The standard InChI is InChI=1S/C15H11N3O3/c1-17-13-8-7-11(18(20)21)9-12(13)16-14(15(17)19)10-5-3-2-4-6-10/h2-9H,1H3. The largest absolute Gasteiger partial charge is 0.308 e. The molecule has 0 atom stereocenters. The molecule has 0 fully saturated rings. The molecule has 0 bridgehead atoms. The van der Waals surface area contributed by atoms with E-state index < -0.39 is 4.92 Å². The van der Waals surface area contributed by atoms with E-state index in [1.165, 1.54) is 22.8 Å². The van der Waals surface area contributed by atoms with Crippen molar-refractivity contribution >= 4 is 16.7 Å². The van der Waals surface area contributed by atoms with Gasteiger partial charge in [-0.05, 0) is 6.07 Å². The van der Waals surface area contributed by atoms with Crippen molar-refractivity contribution in [2.75, 3.05) is 0 Å². The van der Waals surface area contributed by atoms with Gasteiger partial charge >= 0.3 is 0 Å². The van der Waals surface area contributed by atoms with Gasteiger partial charge in [0.2, 0.25) is 0 Å². The Kier molecular flexibility index (Phi) is 2.98. The summed E-state index contributed by atoms with van der Waals surface area (Å²) in [6.07, 6.45) is 0. The van der Waals surface area contributed by atoms with Crippen LogP contribution in [0.5, 0.6) is 0 Å². The van der Waals surface area contributed by atoms with Gasteiger partial charge in [0.15, 0.2) is 0 Å². The molecule has 0 radical (unpaired) electrons. The van der Waals surface area contributed by atoms with E-state index in [9.17, 15) is 14.9 Å². The van der Waals surface area contributed by atoms with E-state index in [2.05, 4.69) is 4.98 Å². The minimum absolute atomic E-state index is 0.0485. The van der Waals surface area contributed by atoms with Gasteiger partial charge in [0.1, 0.15) is 5.69 Å². The maximum absolute atomic E-state index is 12.4. The predicted octanol–water partition coefficient (Wildman–Crippen LogP) is 2.51. The molecule has 0 aliphatic rings. The fourth-order valence-corrected chi connectivity index (χ4v) is 2.22. The van der Waals surface area contributed by atoms with Crippen molar-refractivity contribution in [3.8, 4) is 11.3 Å². The topological polar surface area (TPSA) is 78.0 Å². The summed E-state index contributed by atoms with van der Waals surface area (Å²) in [4.78, 5) is 27.1. The average molecular weight is 281 g/mol. The van der Waals surface area contributed by atoms with Gasteiger partial charge in [-0.2, -0.15) is 0 Å². The van der Waals surface area contributed by atoms with Gasteiger partial charge in [0.25, 0.3) is 11.2 Å². The number of benzene rings is 2. The van der Waals surface area contributed by atoms with Gasteiger partial charge in [-0.1, -0.05) is 30.3 Å². The summed E-state index contributed by atoms with van der Waals surface area (Å²) in [5.41, 5.74) is 1.67. The monoisotopic (exact) mass is 281 g/mol. The molecule has 0 N–H and O–H groups in total. The molecule has 104 valence electrons. The third-order valence-corrected chi connectivity index (χ3v) is 3.32. The van der Waals surface area contributed by atoms with E-state index in [1.54, 1.807) is 19.2 Å². The molecular formula is C15H11N3O3. The number of aryl methyl sites for hydroxylation is 1. The number of nitro benzene ring substituents is 1. The van der Waals surface area contributed by atoms with Crippen molar-refractivity contribution in [2.24, 2.45) is 7.05 Å². The lowest BCUT2D eigenvalue weighted by molar-refractivity contribution is -0.384. The molecular weight excluding hydrogens is 270 g/mol. The molecule has 21 heavy (non-hydrogen) atoms. The van der Waals surface area contributed by atoms with E-state index in [0.29, 0.717) is 16.6 Å². The van der Waals surface area contributed by atoms with Crippen LogP contribution in [0.2, 0.25) is 0 Å². The van der Waals surface area contributed by atoms with Crippen LogP contribution in [0.1, 0.15) is 0 Å². The summed E-state index contributed by atoms with van der Waals surface area (Å²) in [6, 6.07) is 13.3. The molecule has 1 aromatic heterocycles. The maximum Gasteiger partial charge on any atom is 0.277 e. The van der Waals surface area contributed by atoms with E-state index >= 15 is 0 Å². The van der Waals surface area contributed by atoms with Crippen molar-refractivity contribution in [1.82, 2.24) is 9.55 Å². The first-order chi connectivity index (χ1) is 10.1. The van der Waals surface area contributed by atoms with Crippen LogP contribution in [0.4, 0.5) is 5.69 Å². The first-order valence-corrected chi connectivity index (χ1v) is 6.28. The number of nitro groups is 1. The molecule has 0 spiro atoms. The van der Waals surface area contributed by atoms with Crippen molar-refractivity contribution in [3.63, 3.8) is 0 Å². The van der Waals surface area contributed by atoms with Gasteiger partial charge < -0.3 is 4.57 Å². The fourth-order valence-electron chi connectivity index (χ4n) is 2.22. The van der Waals surface area contributed by atoms with Crippen LogP contribution in [-0.4, -0.2) is 14.5 Å². The van der Waals surface area contributed by atoms with Crippen molar-refractivity contribution in [1.29, 1.82) is 0 Å². The Morgan fingerprint density at radius 3 is 2.52 bits per heavy atom. The van der Waals surface area contributed by atoms with E-state index in [4.69, 9.17) is 0 Å². The highest BCUT2D eigenvalue weighted by molar-refractivity contribution is 5.80. The third-order valence-electron chi connectivity index (χ3n) is 3.32. The molecule has 0 aliphatic heterocycles. The number of nitrogens with zero attached hydrogens (tertiary/aromatic N) is 3. The zero-order chi connectivity index (χ0) is 15.0. The molecule has 3 rings (SSSR count). The molecule has 0 saturated heterocycles. The Morgan fingerprint density at radius 2 is 1.86 bits per heavy atom. The first-order valence-electron chi connectivity index (χ1n) is 6.28. The summed E-state index contributed by atoms with van der Waals surface area (Å²) in [5.74, 6) is 0. The van der Waals surface area contributed by atoms with Gasteiger partial charge in [-0.25, -0.2) is 4.98 Å². The summed E-state index contributed by atoms with van der Waals surface area (Å²) >= 11 is 0. The zero-order valence-electron chi connectivity index (χ0n) is 11.2. The SMILES string of the molecule is Cn1c(=O)c(-c2ccccc2)nc2cc([N+](=O)[O-])ccc21. The van der Waals surface area contributed by atoms with Crippen LogP contribution in [0.15, 0.2) is 53.3 Å². The number of hydrogen-bond acceptors (Lipinski definition) is 4. The Labute approximate surface area is 119 Å². The highest BCUT2D eigenvalue weighted by Crippen LogP contribution is 2.21. The number of rotatable bonds is 2. The Morgan fingerprint density at radius 1 is 1.14 bits per heavy atom. The van der Waals surface area contributed by atoms with Crippen molar-refractivity contribution < 1.29 is 4.92 Å². The summed E-state index contributed by atoms with van der Waals surface area (Å²) in [5, 5.41) is 10.9. The van der Waals surface area contributed by atoms with Crippen molar-refractivity contribution in [2.45, 2.75) is 0 Å². The normalized spacial score (nSPS) is 10.7. The molecule has 0 aliphatic carbocycles. The van der Waals surface area contributed by atoms with Crippen LogP contribution in [0.25, 0.3) is 22.3 Å². The Balaban J connectivity index is 2.34.